The second-order valence-electron chi connectivity index (χ2n) is 3.01. The fraction of sp³-hybridized carbons (Fsp3) is 0.889. The molecule has 0 spiro atoms. The molecule has 0 rings (SSSR count). The van der Waals surface area contributed by atoms with Crippen LogP contribution < -0.4 is 0 Å². The normalized spacial score (nSPS) is 10.7. The molecular formula is C9H19NO3. The van der Waals surface area contributed by atoms with E-state index in [0.29, 0.717) is 13.2 Å². The third kappa shape index (κ3) is 9.30. The van der Waals surface area contributed by atoms with Crippen LogP contribution in [0.3, 0.4) is 0 Å². The average molecular weight is 189 g/mol. The van der Waals surface area contributed by atoms with Crippen molar-refractivity contribution in [2.75, 3.05) is 33.4 Å². The SMILES string of the molecule is CCN(C)CCCOCCC(=O)O. The van der Waals surface area contributed by atoms with E-state index in [2.05, 4.69) is 18.9 Å². The summed E-state index contributed by atoms with van der Waals surface area (Å²) >= 11 is 0. The third-order valence-corrected chi connectivity index (χ3v) is 1.83. The highest BCUT2D eigenvalue weighted by Crippen LogP contribution is 1.89. The van der Waals surface area contributed by atoms with Crippen molar-refractivity contribution in [1.82, 2.24) is 4.90 Å². The molecule has 78 valence electrons. The summed E-state index contributed by atoms with van der Waals surface area (Å²) in [7, 11) is 2.05. The van der Waals surface area contributed by atoms with Gasteiger partial charge in [0.2, 0.25) is 0 Å². The molecule has 1 N–H and O–H groups in total. The van der Waals surface area contributed by atoms with E-state index in [1.807, 2.05) is 0 Å². The number of carboxylic acids is 1. The number of rotatable bonds is 8. The van der Waals surface area contributed by atoms with E-state index in [-0.39, 0.29) is 6.42 Å². The molecule has 13 heavy (non-hydrogen) atoms. The molecule has 4 nitrogen and oxygen atoms in total. The Hall–Kier alpha value is -0.610. The molecule has 0 unspecified atom stereocenters. The summed E-state index contributed by atoms with van der Waals surface area (Å²) in [6.45, 7) is 5.12. The van der Waals surface area contributed by atoms with Crippen LogP contribution in [0.4, 0.5) is 0 Å². The fourth-order valence-electron chi connectivity index (χ4n) is 0.856. The van der Waals surface area contributed by atoms with Crippen LogP contribution in [0, 0.1) is 0 Å². The second-order valence-corrected chi connectivity index (χ2v) is 3.01. The first-order valence-electron chi connectivity index (χ1n) is 4.65. The molecule has 0 aliphatic rings. The minimum atomic E-state index is -0.800. The number of ether oxygens (including phenoxy) is 1. The minimum absolute atomic E-state index is 0.101. The van der Waals surface area contributed by atoms with E-state index in [1.165, 1.54) is 0 Å². The van der Waals surface area contributed by atoms with E-state index in [1.54, 1.807) is 0 Å². The summed E-state index contributed by atoms with van der Waals surface area (Å²) in [4.78, 5) is 12.3. The zero-order valence-corrected chi connectivity index (χ0v) is 8.45. The van der Waals surface area contributed by atoms with Gasteiger partial charge in [0.25, 0.3) is 0 Å². The fourth-order valence-corrected chi connectivity index (χ4v) is 0.856. The molecule has 0 bridgehead atoms. The molecule has 0 radical (unpaired) electrons. The smallest absolute Gasteiger partial charge is 0.305 e. The van der Waals surface area contributed by atoms with Crippen molar-refractivity contribution in [2.24, 2.45) is 0 Å². The average Bonchev–Trinajstić information content (AvgIpc) is 2.10. The molecule has 0 aromatic rings. The molecule has 0 aromatic carbocycles. The Morgan fingerprint density at radius 1 is 1.46 bits per heavy atom. The Bertz CT molecular complexity index is 139. The molecule has 0 atom stereocenters. The zero-order chi connectivity index (χ0) is 10.1. The van der Waals surface area contributed by atoms with Crippen LogP contribution in [-0.4, -0.2) is 49.3 Å². The molecule has 0 aromatic heterocycles. The van der Waals surface area contributed by atoms with Gasteiger partial charge in [-0.25, -0.2) is 0 Å². The lowest BCUT2D eigenvalue weighted by Gasteiger charge is -2.12. The number of hydrogen-bond donors (Lipinski definition) is 1. The number of nitrogens with zero attached hydrogens (tertiary/aromatic N) is 1. The largest absolute Gasteiger partial charge is 0.481 e. The van der Waals surface area contributed by atoms with Crippen molar-refractivity contribution in [2.45, 2.75) is 19.8 Å². The van der Waals surface area contributed by atoms with Gasteiger partial charge in [0, 0.05) is 13.2 Å². The van der Waals surface area contributed by atoms with E-state index in [9.17, 15) is 4.79 Å². The summed E-state index contributed by atoms with van der Waals surface area (Å²) < 4.78 is 5.13. The van der Waals surface area contributed by atoms with Gasteiger partial charge in [-0.2, -0.15) is 0 Å². The number of hydrogen-bond acceptors (Lipinski definition) is 3. The Balaban J connectivity index is 3.04. The quantitative estimate of drug-likeness (QED) is 0.574. The van der Waals surface area contributed by atoms with Crippen LogP contribution in [0.25, 0.3) is 0 Å². The van der Waals surface area contributed by atoms with E-state index >= 15 is 0 Å². The molecule has 0 heterocycles. The Labute approximate surface area is 79.5 Å². The Kier molecular flexibility index (Phi) is 7.63. The first-order chi connectivity index (χ1) is 6.16. The highest BCUT2D eigenvalue weighted by molar-refractivity contribution is 5.66. The van der Waals surface area contributed by atoms with Crippen LogP contribution in [0.15, 0.2) is 0 Å². The highest BCUT2D eigenvalue weighted by Gasteiger charge is 1.97. The summed E-state index contributed by atoms with van der Waals surface area (Å²) in [5.41, 5.74) is 0. The van der Waals surface area contributed by atoms with Crippen molar-refractivity contribution < 1.29 is 14.6 Å². The maximum absolute atomic E-state index is 10.1. The predicted octanol–water partition coefficient (Wildman–Crippen LogP) is 0.820. The second kappa shape index (κ2) is 8.01. The molecule has 0 fully saturated rings. The molecule has 0 amide bonds. The van der Waals surface area contributed by atoms with Gasteiger partial charge in [-0.15, -0.1) is 0 Å². The molecule has 0 aliphatic heterocycles. The third-order valence-electron chi connectivity index (χ3n) is 1.83. The molecular weight excluding hydrogens is 170 g/mol. The van der Waals surface area contributed by atoms with E-state index < -0.39 is 5.97 Å². The zero-order valence-electron chi connectivity index (χ0n) is 8.45. The van der Waals surface area contributed by atoms with Crippen LogP contribution in [-0.2, 0) is 9.53 Å². The van der Waals surface area contributed by atoms with Gasteiger partial charge in [0.1, 0.15) is 0 Å². The number of carboxylic acid groups (broad SMARTS) is 1. The standard InChI is InChI=1S/C9H19NO3/c1-3-10(2)6-4-7-13-8-5-9(11)12/h3-8H2,1-2H3,(H,11,12). The van der Waals surface area contributed by atoms with Crippen LogP contribution in [0.2, 0.25) is 0 Å². The van der Waals surface area contributed by atoms with Crippen molar-refractivity contribution in [3.63, 3.8) is 0 Å². The first kappa shape index (κ1) is 12.4. The molecule has 4 heteroatoms. The minimum Gasteiger partial charge on any atom is -0.481 e. The number of aliphatic carboxylic acids is 1. The predicted molar refractivity (Wildman–Crippen MR) is 50.9 cm³/mol. The van der Waals surface area contributed by atoms with Gasteiger partial charge in [0.15, 0.2) is 0 Å². The Morgan fingerprint density at radius 3 is 2.69 bits per heavy atom. The van der Waals surface area contributed by atoms with E-state index in [0.717, 1.165) is 19.5 Å². The molecule has 0 saturated carbocycles. The topological polar surface area (TPSA) is 49.8 Å². The van der Waals surface area contributed by atoms with Gasteiger partial charge < -0.3 is 14.7 Å². The van der Waals surface area contributed by atoms with Crippen molar-refractivity contribution in [3.8, 4) is 0 Å². The van der Waals surface area contributed by atoms with Gasteiger partial charge in [-0.1, -0.05) is 6.92 Å². The summed E-state index contributed by atoms with van der Waals surface area (Å²) in [6.07, 6.45) is 1.06. The highest BCUT2D eigenvalue weighted by atomic mass is 16.5. The Morgan fingerprint density at radius 2 is 2.15 bits per heavy atom. The van der Waals surface area contributed by atoms with Gasteiger partial charge in [-0.3, -0.25) is 4.79 Å². The lowest BCUT2D eigenvalue weighted by atomic mass is 10.4. The van der Waals surface area contributed by atoms with Crippen LogP contribution in [0.5, 0.6) is 0 Å². The maximum atomic E-state index is 10.1. The van der Waals surface area contributed by atoms with Crippen molar-refractivity contribution in [1.29, 1.82) is 0 Å². The first-order valence-corrected chi connectivity index (χ1v) is 4.65. The van der Waals surface area contributed by atoms with Gasteiger partial charge in [-0.05, 0) is 20.0 Å². The monoisotopic (exact) mass is 189 g/mol. The van der Waals surface area contributed by atoms with Crippen LogP contribution >= 0.6 is 0 Å². The van der Waals surface area contributed by atoms with E-state index in [4.69, 9.17) is 9.84 Å². The lowest BCUT2D eigenvalue weighted by Crippen LogP contribution is -2.20. The molecule has 0 saturated heterocycles. The summed E-state index contributed by atoms with van der Waals surface area (Å²) in [5, 5.41) is 8.31. The van der Waals surface area contributed by atoms with Gasteiger partial charge >= 0.3 is 5.97 Å². The summed E-state index contributed by atoms with van der Waals surface area (Å²) in [5.74, 6) is -0.800. The molecule has 0 aliphatic carbocycles. The van der Waals surface area contributed by atoms with Gasteiger partial charge in [0.05, 0.1) is 13.0 Å². The maximum Gasteiger partial charge on any atom is 0.305 e. The van der Waals surface area contributed by atoms with Crippen molar-refractivity contribution >= 4 is 5.97 Å². The van der Waals surface area contributed by atoms with Crippen molar-refractivity contribution in [3.05, 3.63) is 0 Å². The van der Waals surface area contributed by atoms with Crippen LogP contribution in [0.1, 0.15) is 19.8 Å². The number of carbonyl (C=O) groups is 1. The lowest BCUT2D eigenvalue weighted by molar-refractivity contribution is -0.138. The summed E-state index contributed by atoms with van der Waals surface area (Å²) in [6, 6.07) is 0.